The topological polar surface area (TPSA) is 123 Å². The van der Waals surface area contributed by atoms with Gasteiger partial charge in [-0.15, -0.1) is 0 Å². The molecule has 5 heterocycles. The standard InChI is InChI=1S/C38H38ClN7O4/c1-21-23(7-6-10-26(21)41-34-32-28(14-17-40-34)44(2)37(49)45(3)36(32)48)24-8-5-9-25(33(24)39)27-19-22-11-12-29(31(22)35(42-27)50-4)46-18-16-38(20-46)15-13-30(47)43-38/h5-10,14,17,19,29H,11-13,15-16,18,20H2,1-4H3,(H,40,41)(H,43,47)/t29-,38+/m1/s1. The van der Waals surface area contributed by atoms with E-state index in [4.69, 9.17) is 21.3 Å². The maximum atomic E-state index is 13.2. The van der Waals surface area contributed by atoms with Crippen LogP contribution < -0.4 is 26.6 Å². The highest BCUT2D eigenvalue weighted by Crippen LogP contribution is 2.47. The average Bonchev–Trinajstić information content (AvgIpc) is 3.84. The first-order valence-corrected chi connectivity index (χ1v) is 17.3. The first-order chi connectivity index (χ1) is 24.1. The highest BCUT2D eigenvalue weighted by Gasteiger charge is 2.46. The number of carbonyl (C=O) groups excluding carboxylic acids is 1. The highest BCUT2D eigenvalue weighted by atomic mass is 35.5. The molecule has 3 aromatic heterocycles. The maximum Gasteiger partial charge on any atom is 0.330 e. The van der Waals surface area contributed by atoms with Crippen LogP contribution in [0.1, 0.15) is 48.4 Å². The van der Waals surface area contributed by atoms with E-state index in [1.165, 1.54) is 17.2 Å². The number of amides is 1. The molecule has 0 saturated carbocycles. The molecule has 3 aliphatic rings. The van der Waals surface area contributed by atoms with E-state index in [0.29, 0.717) is 34.0 Å². The lowest BCUT2D eigenvalue weighted by molar-refractivity contribution is -0.119. The lowest BCUT2D eigenvalue weighted by Gasteiger charge is -2.28. The molecule has 8 rings (SSSR count). The molecule has 50 heavy (non-hydrogen) atoms. The lowest BCUT2D eigenvalue weighted by atomic mass is 9.96. The van der Waals surface area contributed by atoms with Crippen molar-refractivity contribution in [3.05, 3.63) is 97.3 Å². The number of benzene rings is 2. The summed E-state index contributed by atoms with van der Waals surface area (Å²) < 4.78 is 8.47. The van der Waals surface area contributed by atoms with Gasteiger partial charge in [-0.2, -0.15) is 0 Å². The summed E-state index contributed by atoms with van der Waals surface area (Å²) >= 11 is 7.24. The number of nitrogens with zero attached hydrogens (tertiary/aromatic N) is 5. The number of ether oxygens (including phenoxy) is 1. The molecule has 1 aliphatic carbocycles. The highest BCUT2D eigenvalue weighted by molar-refractivity contribution is 6.36. The number of carbonyl (C=O) groups is 1. The number of halogens is 1. The molecule has 2 saturated heterocycles. The Bertz CT molecular complexity index is 2350. The summed E-state index contributed by atoms with van der Waals surface area (Å²) in [6.45, 7) is 3.78. The van der Waals surface area contributed by atoms with Crippen LogP contribution >= 0.6 is 11.6 Å². The summed E-state index contributed by atoms with van der Waals surface area (Å²) in [5.74, 6) is 1.14. The van der Waals surface area contributed by atoms with Crippen LogP contribution in [0.4, 0.5) is 11.5 Å². The van der Waals surface area contributed by atoms with Crippen molar-refractivity contribution < 1.29 is 9.53 Å². The Hall–Kier alpha value is -5.00. The largest absolute Gasteiger partial charge is 0.481 e. The number of likely N-dealkylation sites (tertiary alicyclic amines) is 1. The Morgan fingerprint density at radius 2 is 1.78 bits per heavy atom. The second-order valence-electron chi connectivity index (χ2n) is 13.7. The van der Waals surface area contributed by atoms with Gasteiger partial charge in [-0.25, -0.2) is 14.8 Å². The zero-order valence-corrected chi connectivity index (χ0v) is 29.2. The SMILES string of the molecule is COc1nc(-c2cccc(-c3cccc(Nc4nccc5c4c(=O)n(C)c(=O)n5C)c3C)c2Cl)cc2c1[C@H](N1CC[C@@]3(CCC(=O)N3)C1)CC2. The van der Waals surface area contributed by atoms with E-state index in [0.717, 1.165) is 82.5 Å². The minimum absolute atomic E-state index is 0.109. The van der Waals surface area contributed by atoms with Crippen molar-refractivity contribution in [2.24, 2.45) is 14.1 Å². The van der Waals surface area contributed by atoms with Crippen LogP contribution in [0.15, 0.2) is 64.3 Å². The molecule has 2 fully saturated rings. The van der Waals surface area contributed by atoms with Gasteiger partial charge in [-0.05, 0) is 67.5 Å². The van der Waals surface area contributed by atoms with E-state index < -0.39 is 11.2 Å². The maximum absolute atomic E-state index is 13.2. The number of pyridine rings is 2. The van der Waals surface area contributed by atoms with Crippen molar-refractivity contribution >= 4 is 39.9 Å². The number of anilines is 2. The van der Waals surface area contributed by atoms with E-state index in [2.05, 4.69) is 26.6 Å². The van der Waals surface area contributed by atoms with Crippen molar-refractivity contribution in [1.29, 1.82) is 0 Å². The fourth-order valence-electron chi connectivity index (χ4n) is 8.24. The van der Waals surface area contributed by atoms with E-state index in [1.807, 2.05) is 43.3 Å². The van der Waals surface area contributed by atoms with E-state index in [9.17, 15) is 14.4 Å². The molecule has 2 aromatic carbocycles. The molecule has 1 spiro atoms. The smallest absolute Gasteiger partial charge is 0.330 e. The predicted molar refractivity (Wildman–Crippen MR) is 194 cm³/mol. The number of fused-ring (bicyclic) bond motifs is 2. The van der Waals surface area contributed by atoms with Crippen molar-refractivity contribution in [2.45, 2.75) is 50.6 Å². The molecule has 2 aliphatic heterocycles. The molecule has 1 amide bonds. The molecular formula is C38H38ClN7O4. The zero-order chi connectivity index (χ0) is 34.9. The second-order valence-corrected chi connectivity index (χ2v) is 14.1. The predicted octanol–water partition coefficient (Wildman–Crippen LogP) is 5.42. The Morgan fingerprint density at radius 1 is 1.00 bits per heavy atom. The number of rotatable bonds is 6. The van der Waals surface area contributed by atoms with Crippen LogP contribution in [0.25, 0.3) is 33.3 Å². The summed E-state index contributed by atoms with van der Waals surface area (Å²) in [6.07, 6.45) is 5.93. The number of hydrogen-bond acceptors (Lipinski definition) is 8. The van der Waals surface area contributed by atoms with Gasteiger partial charge in [-0.1, -0.05) is 41.9 Å². The Labute approximate surface area is 293 Å². The second kappa shape index (κ2) is 12.1. The molecule has 11 nitrogen and oxygen atoms in total. The van der Waals surface area contributed by atoms with Crippen LogP contribution in [0.5, 0.6) is 5.88 Å². The quantitative estimate of drug-likeness (QED) is 0.242. The van der Waals surface area contributed by atoms with Gasteiger partial charge in [0.05, 0.1) is 28.9 Å². The average molecular weight is 692 g/mol. The first kappa shape index (κ1) is 32.2. The van der Waals surface area contributed by atoms with Gasteiger partial charge in [0.2, 0.25) is 11.8 Å². The third-order valence-electron chi connectivity index (χ3n) is 10.9. The monoisotopic (exact) mass is 691 g/mol. The molecule has 5 aromatic rings. The van der Waals surface area contributed by atoms with Gasteiger partial charge in [0.15, 0.2) is 0 Å². The van der Waals surface area contributed by atoms with E-state index in [-0.39, 0.29) is 17.5 Å². The minimum Gasteiger partial charge on any atom is -0.481 e. The number of hydrogen-bond donors (Lipinski definition) is 2. The van der Waals surface area contributed by atoms with Crippen molar-refractivity contribution in [3.63, 3.8) is 0 Å². The lowest BCUT2D eigenvalue weighted by Crippen LogP contribution is -2.44. The van der Waals surface area contributed by atoms with Gasteiger partial charge in [0, 0.05) is 68.2 Å². The van der Waals surface area contributed by atoms with Gasteiger partial charge >= 0.3 is 5.69 Å². The summed E-state index contributed by atoms with van der Waals surface area (Å²) in [7, 11) is 4.77. The van der Waals surface area contributed by atoms with Crippen LogP contribution in [0.2, 0.25) is 5.02 Å². The van der Waals surface area contributed by atoms with Gasteiger partial charge < -0.3 is 15.4 Å². The molecular weight excluding hydrogens is 654 g/mol. The van der Waals surface area contributed by atoms with Crippen molar-refractivity contribution in [2.75, 3.05) is 25.5 Å². The third kappa shape index (κ3) is 5.10. The Kier molecular flexibility index (Phi) is 7.80. The zero-order valence-electron chi connectivity index (χ0n) is 28.5. The first-order valence-electron chi connectivity index (χ1n) is 16.9. The molecule has 2 N–H and O–H groups in total. The van der Waals surface area contributed by atoms with Gasteiger partial charge in [0.25, 0.3) is 5.56 Å². The Morgan fingerprint density at radius 3 is 2.56 bits per heavy atom. The molecule has 256 valence electrons. The van der Waals surface area contributed by atoms with Crippen LogP contribution in [0.3, 0.4) is 0 Å². The van der Waals surface area contributed by atoms with Crippen molar-refractivity contribution in [3.8, 4) is 28.3 Å². The fraction of sp³-hybridized carbons (Fsp3) is 0.342. The van der Waals surface area contributed by atoms with Crippen LogP contribution in [0, 0.1) is 6.92 Å². The molecule has 12 heteroatoms. The fourth-order valence-corrected chi connectivity index (χ4v) is 8.56. The van der Waals surface area contributed by atoms with Gasteiger partial charge in [0.1, 0.15) is 11.2 Å². The van der Waals surface area contributed by atoms with Gasteiger partial charge in [-0.3, -0.25) is 23.6 Å². The Balaban J connectivity index is 1.13. The summed E-state index contributed by atoms with van der Waals surface area (Å²) in [4.78, 5) is 49.8. The molecule has 0 bridgehead atoms. The minimum atomic E-state index is -0.418. The van der Waals surface area contributed by atoms with E-state index >= 15 is 0 Å². The van der Waals surface area contributed by atoms with Crippen molar-refractivity contribution in [1.82, 2.24) is 29.3 Å². The molecule has 0 radical (unpaired) electrons. The molecule has 2 atom stereocenters. The third-order valence-corrected chi connectivity index (χ3v) is 11.3. The number of aromatic nitrogens is 4. The number of aryl methyl sites for hydroxylation is 2. The summed E-state index contributed by atoms with van der Waals surface area (Å²) in [6, 6.07) is 15.8. The van der Waals surface area contributed by atoms with Crippen LogP contribution in [-0.2, 0) is 25.3 Å². The molecule has 0 unspecified atom stereocenters. The summed E-state index contributed by atoms with van der Waals surface area (Å²) in [5, 5.41) is 7.51. The normalized spacial score (nSPS) is 20.1. The van der Waals surface area contributed by atoms with Crippen LogP contribution in [-0.4, -0.2) is 55.6 Å². The number of methoxy groups -OCH3 is 1. The number of nitrogens with one attached hydrogen (secondary N) is 2. The summed E-state index contributed by atoms with van der Waals surface area (Å²) in [5.41, 5.74) is 6.90. The van der Waals surface area contributed by atoms with E-state index in [1.54, 1.807) is 26.4 Å².